The van der Waals surface area contributed by atoms with Crippen LogP contribution in [0.25, 0.3) is 0 Å². The van der Waals surface area contributed by atoms with Gasteiger partial charge < -0.3 is 10.2 Å². The highest BCUT2D eigenvalue weighted by Gasteiger charge is 2.20. The summed E-state index contributed by atoms with van der Waals surface area (Å²) in [5.41, 5.74) is 2.88. The Bertz CT molecular complexity index is 869. The Hall–Kier alpha value is -2.99. The van der Waals surface area contributed by atoms with Crippen molar-refractivity contribution < 1.29 is 14.4 Å². The lowest BCUT2D eigenvalue weighted by Gasteiger charge is -2.35. The molecule has 146 valence electrons. The monoisotopic (exact) mass is 379 g/mol. The highest BCUT2D eigenvalue weighted by Crippen LogP contribution is 2.18. The van der Waals surface area contributed by atoms with Crippen molar-refractivity contribution in [1.82, 2.24) is 4.90 Å². The number of carbonyl (C=O) groups excluding carboxylic acids is 3. The van der Waals surface area contributed by atoms with E-state index in [0.29, 0.717) is 23.4 Å². The van der Waals surface area contributed by atoms with E-state index in [0.717, 1.165) is 31.9 Å². The minimum Gasteiger partial charge on any atom is -0.369 e. The fourth-order valence-corrected chi connectivity index (χ4v) is 3.36. The van der Waals surface area contributed by atoms with E-state index >= 15 is 0 Å². The van der Waals surface area contributed by atoms with Crippen molar-refractivity contribution in [2.75, 3.05) is 42.9 Å². The Kier molecular flexibility index (Phi) is 6.21. The number of ketones is 2. The van der Waals surface area contributed by atoms with Gasteiger partial charge in [0.15, 0.2) is 11.6 Å². The number of carbonyl (C=O) groups is 3. The number of nitrogens with one attached hydrogen (secondary N) is 1. The van der Waals surface area contributed by atoms with Gasteiger partial charge in [0, 0.05) is 43.0 Å². The molecule has 1 heterocycles. The van der Waals surface area contributed by atoms with Crippen LogP contribution in [-0.2, 0) is 4.79 Å². The fourth-order valence-electron chi connectivity index (χ4n) is 3.36. The van der Waals surface area contributed by atoms with Gasteiger partial charge in [0.25, 0.3) is 0 Å². The molecule has 0 saturated carbocycles. The molecule has 0 radical (unpaired) electrons. The molecule has 0 atom stereocenters. The van der Waals surface area contributed by atoms with Crippen LogP contribution in [0.5, 0.6) is 0 Å². The summed E-state index contributed by atoms with van der Waals surface area (Å²) in [4.78, 5) is 39.8. The van der Waals surface area contributed by atoms with Crippen LogP contribution in [0.3, 0.4) is 0 Å². The van der Waals surface area contributed by atoms with E-state index in [9.17, 15) is 14.4 Å². The topological polar surface area (TPSA) is 69.7 Å². The average Bonchev–Trinajstić information content (AvgIpc) is 2.69. The van der Waals surface area contributed by atoms with Crippen molar-refractivity contribution in [1.29, 1.82) is 0 Å². The normalized spacial score (nSPS) is 14.6. The Labute approximate surface area is 165 Å². The van der Waals surface area contributed by atoms with Gasteiger partial charge in [0.05, 0.1) is 12.2 Å². The van der Waals surface area contributed by atoms with Crippen molar-refractivity contribution in [3.63, 3.8) is 0 Å². The Morgan fingerprint density at radius 3 is 2.11 bits per heavy atom. The Morgan fingerprint density at radius 2 is 1.50 bits per heavy atom. The zero-order chi connectivity index (χ0) is 20.1. The lowest BCUT2D eigenvalue weighted by atomic mass is 10.1. The van der Waals surface area contributed by atoms with Crippen LogP contribution in [0, 0.1) is 0 Å². The van der Waals surface area contributed by atoms with E-state index in [4.69, 9.17) is 0 Å². The SMILES string of the molecule is CC(=O)c1ccc(N2CCN(CC(=O)Nc3ccccc3C(C)=O)CC2)cc1. The van der Waals surface area contributed by atoms with Crippen molar-refractivity contribution in [2.24, 2.45) is 0 Å². The maximum atomic E-state index is 12.4. The van der Waals surface area contributed by atoms with E-state index in [1.165, 1.54) is 6.92 Å². The van der Waals surface area contributed by atoms with E-state index in [1.807, 2.05) is 24.3 Å². The summed E-state index contributed by atoms with van der Waals surface area (Å²) in [6.45, 7) is 6.53. The zero-order valence-corrected chi connectivity index (χ0v) is 16.3. The number of para-hydroxylation sites is 1. The van der Waals surface area contributed by atoms with Gasteiger partial charge in [0.1, 0.15) is 0 Å². The van der Waals surface area contributed by atoms with Crippen molar-refractivity contribution in [3.05, 3.63) is 59.7 Å². The van der Waals surface area contributed by atoms with Gasteiger partial charge in [-0.15, -0.1) is 0 Å². The molecule has 3 rings (SSSR count). The predicted molar refractivity (Wildman–Crippen MR) is 110 cm³/mol. The second-order valence-corrected chi connectivity index (χ2v) is 7.02. The van der Waals surface area contributed by atoms with Gasteiger partial charge in [-0.2, -0.15) is 0 Å². The number of hydrogen-bond acceptors (Lipinski definition) is 5. The van der Waals surface area contributed by atoms with Gasteiger partial charge in [-0.05, 0) is 50.2 Å². The van der Waals surface area contributed by atoms with E-state index < -0.39 is 0 Å². The summed E-state index contributed by atoms with van der Waals surface area (Å²) < 4.78 is 0. The molecular formula is C22H25N3O3. The first-order valence-corrected chi connectivity index (χ1v) is 9.42. The standard InChI is InChI=1S/C22H25N3O3/c1-16(26)18-7-9-19(10-8-18)25-13-11-24(12-14-25)15-22(28)23-21-6-4-3-5-20(21)17(2)27/h3-10H,11-15H2,1-2H3,(H,23,28). The highest BCUT2D eigenvalue weighted by molar-refractivity contribution is 6.04. The Morgan fingerprint density at radius 1 is 0.857 bits per heavy atom. The molecule has 0 unspecified atom stereocenters. The third kappa shape index (κ3) is 4.84. The summed E-state index contributed by atoms with van der Waals surface area (Å²) in [5.74, 6) is -0.123. The number of piperazine rings is 1. The third-order valence-corrected chi connectivity index (χ3v) is 4.96. The average molecular weight is 379 g/mol. The number of Topliss-reactive ketones (excluding diaryl/α,β-unsaturated/α-hetero) is 2. The van der Waals surface area contributed by atoms with Crippen LogP contribution in [0.2, 0.25) is 0 Å². The van der Waals surface area contributed by atoms with E-state index in [2.05, 4.69) is 15.1 Å². The predicted octanol–water partition coefficient (Wildman–Crippen LogP) is 2.85. The first kappa shape index (κ1) is 19.8. The maximum Gasteiger partial charge on any atom is 0.238 e. The summed E-state index contributed by atoms with van der Waals surface area (Å²) in [6.07, 6.45) is 0. The molecule has 0 aliphatic carbocycles. The minimum absolute atomic E-state index is 0.0636. The second-order valence-electron chi connectivity index (χ2n) is 7.02. The van der Waals surface area contributed by atoms with Crippen molar-refractivity contribution >= 4 is 28.8 Å². The molecule has 1 amide bonds. The number of hydrogen-bond donors (Lipinski definition) is 1. The fraction of sp³-hybridized carbons (Fsp3) is 0.318. The highest BCUT2D eigenvalue weighted by atomic mass is 16.2. The number of rotatable bonds is 6. The molecule has 1 N–H and O–H groups in total. The maximum absolute atomic E-state index is 12.4. The van der Waals surface area contributed by atoms with Crippen LogP contribution in [0.4, 0.5) is 11.4 Å². The molecule has 6 nitrogen and oxygen atoms in total. The van der Waals surface area contributed by atoms with Gasteiger partial charge in [-0.25, -0.2) is 0 Å². The smallest absolute Gasteiger partial charge is 0.238 e. The van der Waals surface area contributed by atoms with Crippen molar-refractivity contribution in [3.8, 4) is 0 Å². The lowest BCUT2D eigenvalue weighted by Crippen LogP contribution is -2.48. The molecule has 0 spiro atoms. The molecule has 2 aromatic carbocycles. The van der Waals surface area contributed by atoms with Gasteiger partial charge >= 0.3 is 0 Å². The van der Waals surface area contributed by atoms with Crippen LogP contribution in [0.15, 0.2) is 48.5 Å². The molecule has 2 aromatic rings. The summed E-state index contributed by atoms with van der Waals surface area (Å²) >= 11 is 0. The van der Waals surface area contributed by atoms with Gasteiger partial charge in [-0.3, -0.25) is 19.3 Å². The zero-order valence-electron chi connectivity index (χ0n) is 16.3. The minimum atomic E-state index is -0.118. The number of benzene rings is 2. The molecule has 1 fully saturated rings. The molecule has 1 aliphatic rings. The lowest BCUT2D eigenvalue weighted by molar-refractivity contribution is -0.117. The largest absolute Gasteiger partial charge is 0.369 e. The molecule has 1 aliphatic heterocycles. The molecule has 28 heavy (non-hydrogen) atoms. The van der Waals surface area contributed by atoms with Gasteiger partial charge in [-0.1, -0.05) is 12.1 Å². The van der Waals surface area contributed by atoms with E-state index in [-0.39, 0.29) is 17.5 Å². The molecule has 1 saturated heterocycles. The number of anilines is 2. The first-order chi connectivity index (χ1) is 13.4. The molecule has 0 bridgehead atoms. The summed E-state index contributed by atoms with van der Waals surface area (Å²) in [5, 5.41) is 2.85. The van der Waals surface area contributed by atoms with E-state index in [1.54, 1.807) is 31.2 Å². The second kappa shape index (κ2) is 8.80. The Balaban J connectivity index is 1.52. The first-order valence-electron chi connectivity index (χ1n) is 9.42. The summed E-state index contributed by atoms with van der Waals surface area (Å²) in [6, 6.07) is 14.7. The number of nitrogens with zero attached hydrogens (tertiary/aromatic N) is 2. The van der Waals surface area contributed by atoms with Crippen molar-refractivity contribution in [2.45, 2.75) is 13.8 Å². The van der Waals surface area contributed by atoms with Crippen LogP contribution in [-0.4, -0.2) is 55.1 Å². The summed E-state index contributed by atoms with van der Waals surface area (Å²) in [7, 11) is 0. The van der Waals surface area contributed by atoms with Crippen LogP contribution < -0.4 is 10.2 Å². The third-order valence-electron chi connectivity index (χ3n) is 4.96. The van der Waals surface area contributed by atoms with Crippen LogP contribution in [0.1, 0.15) is 34.6 Å². The molecular weight excluding hydrogens is 354 g/mol. The van der Waals surface area contributed by atoms with Gasteiger partial charge in [0.2, 0.25) is 5.91 Å². The van der Waals surface area contributed by atoms with Crippen LogP contribution >= 0.6 is 0 Å². The number of amides is 1. The quantitative estimate of drug-likeness (QED) is 0.782. The molecule has 6 heteroatoms. The molecule has 0 aromatic heterocycles.